The fourth-order valence-corrected chi connectivity index (χ4v) is 4.02. The highest BCUT2D eigenvalue weighted by atomic mass is 32.1. The maximum absolute atomic E-state index is 12.9. The number of amides is 1. The highest BCUT2D eigenvalue weighted by Crippen LogP contribution is 2.30. The summed E-state index contributed by atoms with van der Waals surface area (Å²) >= 11 is 1.53. The summed E-state index contributed by atoms with van der Waals surface area (Å²) in [6, 6.07) is 11.6. The van der Waals surface area contributed by atoms with E-state index in [9.17, 15) is 19.8 Å². The number of aromatic hydroxyl groups is 1. The molecule has 0 unspecified atom stereocenters. The van der Waals surface area contributed by atoms with Gasteiger partial charge in [-0.05, 0) is 58.3 Å². The molecule has 0 atom stereocenters. The number of thiophene rings is 1. The molecule has 30 heavy (non-hydrogen) atoms. The van der Waals surface area contributed by atoms with Crippen molar-refractivity contribution in [1.82, 2.24) is 0 Å². The van der Waals surface area contributed by atoms with Gasteiger partial charge in [0, 0.05) is 18.8 Å². The standard InChI is InChI=1S/C22H20N2O5S/c25-20-4-2-16(24-6-8-29-9-7-24)12-18(20)21(26)23-19-11-14(15-5-10-30-13-15)1-3-17(19)22(27)28/h1-5,10-13,25H,6-9H2,(H,23,26)(H,27,28). The van der Waals surface area contributed by atoms with Crippen LogP contribution in [0.1, 0.15) is 20.7 Å². The van der Waals surface area contributed by atoms with Crippen LogP contribution in [0.3, 0.4) is 0 Å². The lowest BCUT2D eigenvalue weighted by Gasteiger charge is -2.29. The van der Waals surface area contributed by atoms with E-state index >= 15 is 0 Å². The quantitative estimate of drug-likeness (QED) is 0.574. The summed E-state index contributed by atoms with van der Waals surface area (Å²) in [4.78, 5) is 26.7. The van der Waals surface area contributed by atoms with Crippen molar-refractivity contribution in [2.75, 3.05) is 36.5 Å². The third-order valence-corrected chi connectivity index (χ3v) is 5.64. The predicted molar refractivity (Wildman–Crippen MR) is 116 cm³/mol. The van der Waals surface area contributed by atoms with Crippen molar-refractivity contribution in [1.29, 1.82) is 0 Å². The zero-order chi connectivity index (χ0) is 21.1. The number of carboxylic acids is 1. The molecule has 1 amide bonds. The van der Waals surface area contributed by atoms with Crippen LogP contribution in [0.25, 0.3) is 11.1 Å². The van der Waals surface area contributed by atoms with Gasteiger partial charge in [0.25, 0.3) is 5.91 Å². The first-order valence-electron chi connectivity index (χ1n) is 9.40. The number of benzene rings is 2. The summed E-state index contributed by atoms with van der Waals surface area (Å²) in [6.45, 7) is 2.58. The van der Waals surface area contributed by atoms with Gasteiger partial charge in [-0.15, -0.1) is 0 Å². The summed E-state index contributed by atoms with van der Waals surface area (Å²) < 4.78 is 5.35. The topological polar surface area (TPSA) is 99.1 Å². The number of ether oxygens (including phenoxy) is 1. The number of anilines is 2. The van der Waals surface area contributed by atoms with Gasteiger partial charge in [0.1, 0.15) is 5.75 Å². The molecule has 2 aromatic carbocycles. The molecular formula is C22H20N2O5S. The van der Waals surface area contributed by atoms with Crippen LogP contribution in [0.4, 0.5) is 11.4 Å². The zero-order valence-corrected chi connectivity index (χ0v) is 16.8. The fraction of sp³-hybridized carbons (Fsp3) is 0.182. The molecule has 1 fully saturated rings. The van der Waals surface area contributed by atoms with Crippen molar-refractivity contribution >= 4 is 34.6 Å². The number of hydrogen-bond acceptors (Lipinski definition) is 6. The number of rotatable bonds is 5. The van der Waals surface area contributed by atoms with Crippen LogP contribution >= 0.6 is 11.3 Å². The summed E-state index contributed by atoms with van der Waals surface area (Å²) in [7, 11) is 0. The summed E-state index contributed by atoms with van der Waals surface area (Å²) in [5.74, 6) is -1.89. The lowest BCUT2D eigenvalue weighted by atomic mass is 10.0. The Balaban J connectivity index is 1.65. The summed E-state index contributed by atoms with van der Waals surface area (Å²) in [6.07, 6.45) is 0. The van der Waals surface area contributed by atoms with Crippen LogP contribution in [0.2, 0.25) is 0 Å². The second kappa shape index (κ2) is 8.56. The van der Waals surface area contributed by atoms with E-state index in [2.05, 4.69) is 10.2 Å². The number of carbonyl (C=O) groups is 2. The zero-order valence-electron chi connectivity index (χ0n) is 16.0. The number of carbonyl (C=O) groups excluding carboxylic acids is 1. The SMILES string of the molecule is O=C(Nc1cc(-c2ccsc2)ccc1C(=O)O)c1cc(N2CCOCC2)ccc1O. The Morgan fingerprint density at radius 1 is 1.00 bits per heavy atom. The first-order chi connectivity index (χ1) is 14.5. The normalized spacial score (nSPS) is 13.8. The largest absolute Gasteiger partial charge is 0.507 e. The first kappa shape index (κ1) is 19.9. The predicted octanol–water partition coefficient (Wildman–Crippen LogP) is 3.91. The van der Waals surface area contributed by atoms with E-state index < -0.39 is 11.9 Å². The van der Waals surface area contributed by atoms with E-state index in [0.29, 0.717) is 26.3 Å². The third kappa shape index (κ3) is 4.14. The summed E-state index contributed by atoms with van der Waals surface area (Å²) in [5, 5.41) is 26.3. The van der Waals surface area contributed by atoms with E-state index in [1.54, 1.807) is 24.3 Å². The molecule has 3 N–H and O–H groups in total. The number of morpholine rings is 1. The van der Waals surface area contributed by atoms with Gasteiger partial charge < -0.3 is 25.2 Å². The smallest absolute Gasteiger partial charge is 0.337 e. The van der Waals surface area contributed by atoms with Gasteiger partial charge in [0.05, 0.1) is 30.0 Å². The molecule has 1 saturated heterocycles. The number of aromatic carboxylic acids is 1. The fourth-order valence-electron chi connectivity index (χ4n) is 3.36. The lowest BCUT2D eigenvalue weighted by Crippen LogP contribution is -2.36. The van der Waals surface area contributed by atoms with Crippen LogP contribution in [0, 0.1) is 0 Å². The second-order valence-corrected chi connectivity index (χ2v) is 7.61. The van der Waals surface area contributed by atoms with E-state index in [1.807, 2.05) is 16.8 Å². The van der Waals surface area contributed by atoms with Crippen LogP contribution in [-0.4, -0.2) is 48.4 Å². The maximum atomic E-state index is 12.9. The molecular weight excluding hydrogens is 404 g/mol. The monoisotopic (exact) mass is 424 g/mol. The lowest BCUT2D eigenvalue weighted by molar-refractivity contribution is 0.0698. The Morgan fingerprint density at radius 2 is 1.80 bits per heavy atom. The van der Waals surface area contributed by atoms with Crippen molar-refractivity contribution in [3.05, 3.63) is 64.4 Å². The Morgan fingerprint density at radius 3 is 2.50 bits per heavy atom. The van der Waals surface area contributed by atoms with Gasteiger partial charge in [-0.1, -0.05) is 6.07 Å². The highest BCUT2D eigenvalue weighted by molar-refractivity contribution is 7.08. The number of hydrogen-bond donors (Lipinski definition) is 3. The molecule has 2 heterocycles. The molecule has 0 spiro atoms. The van der Waals surface area contributed by atoms with E-state index in [4.69, 9.17) is 4.74 Å². The molecule has 3 aromatic rings. The van der Waals surface area contributed by atoms with Gasteiger partial charge in [-0.3, -0.25) is 4.79 Å². The molecule has 7 nitrogen and oxygen atoms in total. The molecule has 0 saturated carbocycles. The number of nitrogens with zero attached hydrogens (tertiary/aromatic N) is 1. The first-order valence-corrected chi connectivity index (χ1v) is 10.3. The third-order valence-electron chi connectivity index (χ3n) is 4.95. The second-order valence-electron chi connectivity index (χ2n) is 6.83. The van der Waals surface area contributed by atoms with Crippen LogP contribution in [0.5, 0.6) is 5.75 Å². The van der Waals surface area contributed by atoms with Crippen molar-refractivity contribution < 1.29 is 24.5 Å². The van der Waals surface area contributed by atoms with E-state index in [1.165, 1.54) is 23.5 Å². The van der Waals surface area contributed by atoms with Gasteiger partial charge in [0.2, 0.25) is 0 Å². The van der Waals surface area contributed by atoms with Gasteiger partial charge in [-0.25, -0.2) is 4.79 Å². The number of phenolic OH excluding ortho intramolecular Hbond substituents is 1. The Bertz CT molecular complexity index is 1080. The van der Waals surface area contributed by atoms with Crippen molar-refractivity contribution in [2.45, 2.75) is 0 Å². The van der Waals surface area contributed by atoms with Crippen LogP contribution < -0.4 is 10.2 Å². The Labute approximate surface area is 177 Å². The van der Waals surface area contributed by atoms with E-state index in [-0.39, 0.29) is 22.6 Å². The maximum Gasteiger partial charge on any atom is 0.337 e. The Kier molecular flexibility index (Phi) is 5.69. The number of nitrogens with one attached hydrogen (secondary N) is 1. The average Bonchev–Trinajstić information content (AvgIpc) is 3.29. The van der Waals surface area contributed by atoms with Gasteiger partial charge in [-0.2, -0.15) is 11.3 Å². The molecule has 0 aliphatic carbocycles. The van der Waals surface area contributed by atoms with Crippen molar-refractivity contribution in [2.24, 2.45) is 0 Å². The number of carboxylic acid groups (broad SMARTS) is 1. The summed E-state index contributed by atoms with van der Waals surface area (Å²) in [5.41, 5.74) is 2.76. The molecule has 1 aliphatic heterocycles. The molecule has 4 rings (SSSR count). The average molecular weight is 424 g/mol. The Hall–Kier alpha value is -3.36. The van der Waals surface area contributed by atoms with Crippen molar-refractivity contribution in [3.63, 3.8) is 0 Å². The number of phenols is 1. The van der Waals surface area contributed by atoms with Crippen LogP contribution in [-0.2, 0) is 4.74 Å². The molecule has 8 heteroatoms. The molecule has 1 aromatic heterocycles. The minimum Gasteiger partial charge on any atom is -0.507 e. The van der Waals surface area contributed by atoms with Crippen LogP contribution in [0.15, 0.2) is 53.2 Å². The van der Waals surface area contributed by atoms with Gasteiger partial charge in [0.15, 0.2) is 0 Å². The molecule has 154 valence electrons. The van der Waals surface area contributed by atoms with E-state index in [0.717, 1.165) is 16.8 Å². The van der Waals surface area contributed by atoms with Gasteiger partial charge >= 0.3 is 5.97 Å². The van der Waals surface area contributed by atoms with Crippen molar-refractivity contribution in [3.8, 4) is 16.9 Å². The minimum atomic E-state index is -1.14. The molecule has 1 aliphatic rings. The highest BCUT2D eigenvalue weighted by Gasteiger charge is 2.19. The minimum absolute atomic E-state index is 0.0221. The molecule has 0 bridgehead atoms. The molecule has 0 radical (unpaired) electrons.